The molecule has 0 bridgehead atoms. The third-order valence-electron chi connectivity index (χ3n) is 2.61. The Balaban J connectivity index is 3.48. The maximum absolute atomic E-state index is 11.1. The molecule has 0 spiro atoms. The van der Waals surface area contributed by atoms with Crippen LogP contribution in [0.2, 0.25) is 0 Å². The second kappa shape index (κ2) is 8.41. The van der Waals surface area contributed by atoms with Crippen LogP contribution in [-0.2, 0) is 9.53 Å². The number of rotatable bonds is 8. The number of hydrogen-bond donors (Lipinski definition) is 0. The molecule has 0 aromatic heterocycles. The van der Waals surface area contributed by atoms with Gasteiger partial charge in [-0.15, -0.1) is 0 Å². The first kappa shape index (κ1) is 16.3. The van der Waals surface area contributed by atoms with E-state index in [-0.39, 0.29) is 17.3 Å². The summed E-state index contributed by atoms with van der Waals surface area (Å²) < 4.78 is 4.66. The minimum Gasteiger partial charge on any atom is -0.469 e. The number of nitriles is 1. The van der Waals surface area contributed by atoms with Crippen molar-refractivity contribution < 1.29 is 9.53 Å². The summed E-state index contributed by atoms with van der Waals surface area (Å²) in [7, 11) is 1.42. The average Bonchev–Trinajstić information content (AvgIpc) is 2.32. The number of unbranched alkanes of at least 4 members (excludes halogenated alkanes) is 1. The molecule has 0 rings (SSSR count). The van der Waals surface area contributed by atoms with Crippen LogP contribution in [-0.4, -0.2) is 24.6 Å². The molecule has 0 aromatic rings. The lowest BCUT2D eigenvalue weighted by Gasteiger charge is -2.14. The minimum atomic E-state index is -0.204. The molecule has 4 heteroatoms. The summed E-state index contributed by atoms with van der Waals surface area (Å²) in [4.78, 5) is 11.1. The Bertz CT molecular complexity index is 271. The summed E-state index contributed by atoms with van der Waals surface area (Å²) in [5.41, 5.74) is -0.204. The Morgan fingerprint density at radius 1 is 1.47 bits per heavy atom. The van der Waals surface area contributed by atoms with Crippen molar-refractivity contribution in [2.45, 2.75) is 40.0 Å². The van der Waals surface area contributed by atoms with E-state index in [0.29, 0.717) is 0 Å². The Morgan fingerprint density at radius 3 is 2.65 bits per heavy atom. The molecule has 0 amide bonds. The van der Waals surface area contributed by atoms with E-state index in [2.05, 4.69) is 10.8 Å². The maximum atomic E-state index is 11.1. The number of thioether (sulfide) groups is 1. The van der Waals surface area contributed by atoms with Crippen molar-refractivity contribution in [2.24, 2.45) is 11.3 Å². The summed E-state index contributed by atoms with van der Waals surface area (Å²) in [6.45, 7) is 5.83. The Morgan fingerprint density at radius 2 is 2.12 bits per heavy atom. The fourth-order valence-corrected chi connectivity index (χ4v) is 2.42. The first-order valence-corrected chi connectivity index (χ1v) is 7.15. The van der Waals surface area contributed by atoms with Gasteiger partial charge in [-0.05, 0) is 32.4 Å². The molecule has 0 fully saturated rings. The van der Waals surface area contributed by atoms with Crippen LogP contribution >= 0.6 is 11.8 Å². The molecule has 1 atom stereocenters. The van der Waals surface area contributed by atoms with Gasteiger partial charge in [-0.25, -0.2) is 0 Å². The number of carbonyl (C=O) groups is 1. The normalized spacial score (nSPS) is 12.9. The van der Waals surface area contributed by atoms with Crippen LogP contribution < -0.4 is 0 Å². The Labute approximate surface area is 109 Å². The summed E-state index contributed by atoms with van der Waals surface area (Å²) in [5, 5.41) is 8.85. The summed E-state index contributed by atoms with van der Waals surface area (Å²) in [5.74, 6) is 1.70. The molecule has 0 radical (unpaired) electrons. The van der Waals surface area contributed by atoms with Gasteiger partial charge in [0.1, 0.15) is 0 Å². The van der Waals surface area contributed by atoms with Gasteiger partial charge < -0.3 is 4.74 Å². The number of methoxy groups -OCH3 is 1. The smallest absolute Gasteiger partial charge is 0.309 e. The molecule has 98 valence electrons. The summed E-state index contributed by atoms with van der Waals surface area (Å²) >= 11 is 1.78. The van der Waals surface area contributed by atoms with Gasteiger partial charge in [0.05, 0.1) is 24.5 Å². The van der Waals surface area contributed by atoms with Crippen LogP contribution in [0.1, 0.15) is 40.0 Å². The topological polar surface area (TPSA) is 50.1 Å². The highest BCUT2D eigenvalue weighted by atomic mass is 32.2. The second-order valence-electron chi connectivity index (χ2n) is 4.95. The zero-order valence-corrected chi connectivity index (χ0v) is 12.1. The van der Waals surface area contributed by atoms with Crippen LogP contribution in [0.25, 0.3) is 0 Å². The standard InChI is InChI=1S/C13H23NO2S/c1-11(12(15)16-4)9-17-8-6-5-7-13(2,3)10-14/h11H,5-9H2,1-4H3. The SMILES string of the molecule is COC(=O)C(C)CSCCCCC(C)(C)C#N. The van der Waals surface area contributed by atoms with E-state index in [0.717, 1.165) is 30.8 Å². The first-order valence-electron chi connectivity index (χ1n) is 6.00. The fourth-order valence-electron chi connectivity index (χ4n) is 1.36. The van der Waals surface area contributed by atoms with E-state index in [1.165, 1.54) is 7.11 Å². The lowest BCUT2D eigenvalue weighted by Crippen LogP contribution is -2.15. The van der Waals surface area contributed by atoms with Gasteiger partial charge >= 0.3 is 5.97 Å². The Hall–Kier alpha value is -0.690. The van der Waals surface area contributed by atoms with Crippen molar-refractivity contribution in [3.05, 3.63) is 0 Å². The molecule has 0 saturated heterocycles. The van der Waals surface area contributed by atoms with E-state index in [1.54, 1.807) is 11.8 Å². The molecule has 1 unspecified atom stereocenters. The predicted octanol–water partition coefficient (Wildman–Crippen LogP) is 3.25. The van der Waals surface area contributed by atoms with Crippen molar-refractivity contribution in [2.75, 3.05) is 18.6 Å². The predicted molar refractivity (Wildman–Crippen MR) is 71.8 cm³/mol. The number of nitrogens with zero attached hydrogens (tertiary/aromatic N) is 1. The van der Waals surface area contributed by atoms with Gasteiger partial charge in [0, 0.05) is 5.75 Å². The zero-order chi connectivity index (χ0) is 13.3. The third-order valence-corrected chi connectivity index (χ3v) is 3.93. The number of carbonyl (C=O) groups excluding carboxylic acids is 1. The number of ether oxygens (including phenoxy) is 1. The van der Waals surface area contributed by atoms with Gasteiger partial charge in [-0.3, -0.25) is 4.79 Å². The molecule has 0 heterocycles. The highest BCUT2D eigenvalue weighted by molar-refractivity contribution is 7.99. The third kappa shape index (κ3) is 8.09. The molecule has 0 saturated carbocycles. The largest absolute Gasteiger partial charge is 0.469 e. The van der Waals surface area contributed by atoms with Gasteiger partial charge in [0.2, 0.25) is 0 Å². The quantitative estimate of drug-likeness (QED) is 0.495. The van der Waals surface area contributed by atoms with Gasteiger partial charge in [-0.1, -0.05) is 13.3 Å². The molecule has 0 aromatic carbocycles. The Kier molecular flexibility index (Phi) is 8.07. The summed E-state index contributed by atoms with van der Waals surface area (Å²) in [6.07, 6.45) is 3.11. The van der Waals surface area contributed by atoms with Gasteiger partial charge in [0.15, 0.2) is 0 Å². The molecule has 0 aliphatic carbocycles. The van der Waals surface area contributed by atoms with Crippen LogP contribution in [0, 0.1) is 22.7 Å². The van der Waals surface area contributed by atoms with E-state index >= 15 is 0 Å². The molecule has 0 N–H and O–H groups in total. The van der Waals surface area contributed by atoms with E-state index in [4.69, 9.17) is 5.26 Å². The highest BCUT2D eigenvalue weighted by Crippen LogP contribution is 2.22. The molecule has 0 aliphatic heterocycles. The van der Waals surface area contributed by atoms with Crippen LogP contribution in [0.3, 0.4) is 0 Å². The molecule has 17 heavy (non-hydrogen) atoms. The maximum Gasteiger partial charge on any atom is 0.309 e. The molecular formula is C13H23NO2S. The monoisotopic (exact) mass is 257 g/mol. The molecule has 3 nitrogen and oxygen atoms in total. The lowest BCUT2D eigenvalue weighted by molar-refractivity contribution is -0.143. The van der Waals surface area contributed by atoms with E-state index in [9.17, 15) is 4.79 Å². The average molecular weight is 257 g/mol. The lowest BCUT2D eigenvalue weighted by atomic mass is 9.89. The number of hydrogen-bond acceptors (Lipinski definition) is 4. The van der Waals surface area contributed by atoms with E-state index < -0.39 is 0 Å². The fraction of sp³-hybridized carbons (Fsp3) is 0.846. The summed E-state index contributed by atoms with van der Waals surface area (Å²) in [6, 6.07) is 2.30. The second-order valence-corrected chi connectivity index (χ2v) is 6.10. The zero-order valence-electron chi connectivity index (χ0n) is 11.3. The van der Waals surface area contributed by atoms with Crippen molar-refractivity contribution in [3.63, 3.8) is 0 Å². The van der Waals surface area contributed by atoms with Crippen LogP contribution in [0.5, 0.6) is 0 Å². The van der Waals surface area contributed by atoms with Gasteiger partial charge in [0.25, 0.3) is 0 Å². The van der Waals surface area contributed by atoms with Crippen molar-refractivity contribution in [1.29, 1.82) is 5.26 Å². The van der Waals surface area contributed by atoms with E-state index in [1.807, 2.05) is 20.8 Å². The number of esters is 1. The van der Waals surface area contributed by atoms with Crippen molar-refractivity contribution in [1.82, 2.24) is 0 Å². The minimum absolute atomic E-state index is 0.0273. The van der Waals surface area contributed by atoms with Crippen molar-refractivity contribution >= 4 is 17.7 Å². The highest BCUT2D eigenvalue weighted by Gasteiger charge is 2.16. The first-order chi connectivity index (χ1) is 7.93. The van der Waals surface area contributed by atoms with Crippen LogP contribution in [0.4, 0.5) is 0 Å². The molecular weight excluding hydrogens is 234 g/mol. The van der Waals surface area contributed by atoms with Gasteiger partial charge in [-0.2, -0.15) is 17.0 Å². The molecule has 0 aliphatic rings. The van der Waals surface area contributed by atoms with Crippen molar-refractivity contribution in [3.8, 4) is 6.07 Å². The van der Waals surface area contributed by atoms with Crippen LogP contribution in [0.15, 0.2) is 0 Å².